The summed E-state index contributed by atoms with van der Waals surface area (Å²) < 4.78 is 11.4. The van der Waals surface area contributed by atoms with Crippen molar-refractivity contribution >= 4 is 35.2 Å². The normalized spacial score (nSPS) is 25.5. The maximum atomic E-state index is 12.7. The van der Waals surface area contributed by atoms with Crippen molar-refractivity contribution in [1.29, 1.82) is 0 Å². The van der Waals surface area contributed by atoms with Gasteiger partial charge in [0.1, 0.15) is 17.5 Å². The summed E-state index contributed by atoms with van der Waals surface area (Å²) in [4.78, 5) is 57.1. The molecule has 2 aromatic rings. The molecule has 1 aromatic carbocycles. The molecule has 42 heavy (non-hydrogen) atoms. The number of likely N-dealkylation sites (tertiary alicyclic amines) is 1. The summed E-state index contributed by atoms with van der Waals surface area (Å²) >= 11 is 5.96. The van der Waals surface area contributed by atoms with Crippen LogP contribution in [0.3, 0.4) is 0 Å². The number of aromatic nitrogens is 1. The van der Waals surface area contributed by atoms with Gasteiger partial charge < -0.3 is 30.8 Å². The third-order valence-corrected chi connectivity index (χ3v) is 8.79. The number of pyridine rings is 1. The second-order valence-corrected chi connectivity index (χ2v) is 11.5. The molecular formula is C29H37ClN6O6. The number of methoxy groups -OCH3 is 1. The van der Waals surface area contributed by atoms with Crippen LogP contribution in [-0.2, 0) is 9.47 Å². The third-order valence-electron chi connectivity index (χ3n) is 8.48. The Morgan fingerprint density at radius 1 is 1.02 bits per heavy atom. The predicted octanol–water partition coefficient (Wildman–Crippen LogP) is 1.11. The molecule has 4 aliphatic heterocycles. The summed E-state index contributed by atoms with van der Waals surface area (Å²) in [5, 5.41) is 5.88. The van der Waals surface area contributed by atoms with Crippen LogP contribution in [0.1, 0.15) is 50.3 Å². The molecule has 2 amide bonds. The number of nitrogen functional groups attached to an aromatic ring is 1. The van der Waals surface area contributed by atoms with Crippen molar-refractivity contribution in [2.45, 2.75) is 37.5 Å². The molecule has 3 atom stereocenters. The van der Waals surface area contributed by atoms with Crippen LogP contribution in [0.25, 0.3) is 0 Å². The van der Waals surface area contributed by atoms with Crippen molar-refractivity contribution in [3.05, 3.63) is 62.4 Å². The van der Waals surface area contributed by atoms with Crippen LogP contribution in [0, 0.1) is 5.92 Å². The van der Waals surface area contributed by atoms with Gasteiger partial charge in [0.2, 0.25) is 0 Å². The SMILES string of the molecule is CO[C@H]1CN(CCNC(=O)c2ccc(C(=O)O[C@H]3CN4CCC3CC4)cc2)CC[C@H]1NC(=O)c1cc(Cl)c(N)[nH]c1=O. The number of carbonyl (C=O) groups excluding carboxylic acids is 3. The predicted molar refractivity (Wildman–Crippen MR) is 157 cm³/mol. The Hall–Kier alpha value is -3.45. The fourth-order valence-corrected chi connectivity index (χ4v) is 6.12. The number of amides is 2. The molecule has 0 spiro atoms. The zero-order valence-corrected chi connectivity index (χ0v) is 24.3. The molecule has 6 rings (SSSR count). The Labute approximate surface area is 248 Å². The van der Waals surface area contributed by atoms with Crippen molar-refractivity contribution in [3.63, 3.8) is 0 Å². The first-order valence-electron chi connectivity index (χ1n) is 14.3. The smallest absolute Gasteiger partial charge is 0.338 e. The van der Waals surface area contributed by atoms with Gasteiger partial charge in [-0.1, -0.05) is 11.6 Å². The number of nitrogens with one attached hydrogen (secondary N) is 3. The fourth-order valence-electron chi connectivity index (χ4n) is 5.96. The molecule has 226 valence electrons. The number of anilines is 1. The van der Waals surface area contributed by atoms with Crippen LogP contribution >= 0.6 is 11.6 Å². The van der Waals surface area contributed by atoms with Gasteiger partial charge in [0.15, 0.2) is 0 Å². The minimum absolute atomic E-state index is 0.00460. The number of benzene rings is 1. The van der Waals surface area contributed by atoms with Gasteiger partial charge in [-0.05, 0) is 68.6 Å². The zero-order valence-electron chi connectivity index (χ0n) is 23.6. The lowest BCUT2D eigenvalue weighted by Gasteiger charge is -2.43. The van der Waals surface area contributed by atoms with Crippen molar-refractivity contribution in [2.75, 3.05) is 58.7 Å². The zero-order chi connectivity index (χ0) is 29.8. The van der Waals surface area contributed by atoms with Crippen molar-refractivity contribution < 1.29 is 23.9 Å². The number of nitrogens with zero attached hydrogens (tertiary/aromatic N) is 2. The molecule has 5 N–H and O–H groups in total. The van der Waals surface area contributed by atoms with Gasteiger partial charge in [-0.2, -0.15) is 0 Å². The average Bonchev–Trinajstić information content (AvgIpc) is 3.00. The molecule has 0 saturated carbocycles. The molecular weight excluding hydrogens is 564 g/mol. The highest BCUT2D eigenvalue weighted by Crippen LogP contribution is 2.30. The topological polar surface area (TPSA) is 159 Å². The Morgan fingerprint density at radius 2 is 1.74 bits per heavy atom. The number of rotatable bonds is 9. The van der Waals surface area contributed by atoms with E-state index in [9.17, 15) is 19.2 Å². The van der Waals surface area contributed by atoms with E-state index in [1.165, 1.54) is 6.07 Å². The largest absolute Gasteiger partial charge is 0.457 e. The number of carbonyl (C=O) groups is 3. The molecule has 0 radical (unpaired) electrons. The lowest BCUT2D eigenvalue weighted by Crippen LogP contribution is -2.56. The number of piperidine rings is 4. The van der Waals surface area contributed by atoms with Crippen molar-refractivity contribution in [1.82, 2.24) is 25.4 Å². The molecule has 4 aliphatic rings. The number of ether oxygens (including phenoxy) is 2. The molecule has 12 nitrogen and oxygen atoms in total. The molecule has 4 saturated heterocycles. The van der Waals surface area contributed by atoms with Crippen LogP contribution in [0.15, 0.2) is 35.1 Å². The van der Waals surface area contributed by atoms with Crippen LogP contribution in [-0.4, -0.2) is 104 Å². The highest BCUT2D eigenvalue weighted by Gasteiger charge is 2.36. The summed E-state index contributed by atoms with van der Waals surface area (Å²) in [6, 6.07) is 7.48. The molecule has 4 fully saturated rings. The first-order chi connectivity index (χ1) is 20.2. The Bertz CT molecular complexity index is 1360. The van der Waals surface area contributed by atoms with Crippen molar-refractivity contribution in [3.8, 4) is 0 Å². The minimum atomic E-state index is -0.615. The molecule has 0 aliphatic carbocycles. The number of nitrogens with two attached hydrogens (primary N) is 1. The van der Waals surface area contributed by atoms with E-state index in [0.717, 1.165) is 32.5 Å². The molecule has 13 heteroatoms. The molecule has 5 heterocycles. The fraction of sp³-hybridized carbons (Fsp3) is 0.517. The standard InChI is InChI=1S/C29H37ClN6O6/c1-41-24-16-36(12-8-22(24)33-27(38)20-14-21(30)25(31)34-28(20)39)13-9-32-26(37)18-2-4-19(5-3-18)29(40)42-23-15-35-10-6-17(23)7-11-35/h2-5,14,17,22-24H,6-13,15-16H2,1H3,(H,32,37)(H,33,38)(H3,31,34,39)/t22-,23+,24+/m1/s1. The highest BCUT2D eigenvalue weighted by atomic mass is 35.5. The van der Waals surface area contributed by atoms with E-state index in [-0.39, 0.29) is 46.5 Å². The number of halogens is 1. The summed E-state index contributed by atoms with van der Waals surface area (Å²) in [5.74, 6) is -0.691. The van der Waals surface area contributed by atoms with E-state index in [0.29, 0.717) is 49.6 Å². The summed E-state index contributed by atoms with van der Waals surface area (Å²) in [5.41, 5.74) is 5.76. The van der Waals surface area contributed by atoms with Crippen molar-refractivity contribution in [2.24, 2.45) is 5.92 Å². The maximum absolute atomic E-state index is 12.7. The van der Waals surface area contributed by atoms with E-state index in [1.807, 2.05) is 0 Å². The van der Waals surface area contributed by atoms with Crippen LogP contribution in [0.5, 0.6) is 0 Å². The lowest BCUT2D eigenvalue weighted by atomic mass is 9.86. The monoisotopic (exact) mass is 600 g/mol. The summed E-state index contributed by atoms with van der Waals surface area (Å²) in [6.07, 6.45) is 2.36. The van der Waals surface area contributed by atoms with E-state index in [4.69, 9.17) is 26.8 Å². The second kappa shape index (κ2) is 13.2. The molecule has 0 unspecified atom stereocenters. The first kappa shape index (κ1) is 30.0. The first-order valence-corrected chi connectivity index (χ1v) is 14.7. The van der Waals surface area contributed by atoms with E-state index >= 15 is 0 Å². The molecule has 1 aromatic heterocycles. The van der Waals surface area contributed by atoms with Crippen LogP contribution in [0.2, 0.25) is 5.02 Å². The van der Waals surface area contributed by atoms with E-state index in [1.54, 1.807) is 31.4 Å². The van der Waals surface area contributed by atoms with Gasteiger partial charge >= 0.3 is 5.97 Å². The minimum Gasteiger partial charge on any atom is -0.457 e. The van der Waals surface area contributed by atoms with Gasteiger partial charge in [-0.3, -0.25) is 24.2 Å². The number of fused-ring (bicyclic) bond motifs is 3. The maximum Gasteiger partial charge on any atom is 0.338 e. The summed E-state index contributed by atoms with van der Waals surface area (Å²) in [7, 11) is 1.57. The van der Waals surface area contributed by atoms with Gasteiger partial charge in [0.25, 0.3) is 17.4 Å². The van der Waals surface area contributed by atoms with Gasteiger partial charge in [0.05, 0.1) is 22.7 Å². The van der Waals surface area contributed by atoms with Crippen LogP contribution in [0.4, 0.5) is 5.82 Å². The quantitative estimate of drug-likeness (QED) is 0.309. The molecule has 2 bridgehead atoms. The average molecular weight is 601 g/mol. The summed E-state index contributed by atoms with van der Waals surface area (Å²) in [6.45, 7) is 5.16. The van der Waals surface area contributed by atoms with Gasteiger partial charge in [-0.25, -0.2) is 4.79 Å². The number of esters is 1. The van der Waals surface area contributed by atoms with E-state index < -0.39 is 11.5 Å². The number of hydrogen-bond donors (Lipinski definition) is 4. The Kier molecular flexibility index (Phi) is 9.47. The van der Waals surface area contributed by atoms with E-state index in [2.05, 4.69) is 25.4 Å². The second-order valence-electron chi connectivity index (χ2n) is 11.1. The highest BCUT2D eigenvalue weighted by molar-refractivity contribution is 6.33. The van der Waals surface area contributed by atoms with Crippen LogP contribution < -0.4 is 21.9 Å². The Morgan fingerprint density at radius 3 is 2.40 bits per heavy atom. The number of hydrogen-bond acceptors (Lipinski definition) is 9. The Balaban J connectivity index is 1.06. The lowest BCUT2D eigenvalue weighted by molar-refractivity contribution is -0.0455. The van der Waals surface area contributed by atoms with Gasteiger partial charge in [-0.15, -0.1) is 0 Å². The third kappa shape index (κ3) is 6.95. The number of H-pyrrole nitrogens is 1. The van der Waals surface area contributed by atoms with Gasteiger partial charge in [0, 0.05) is 45.4 Å². The number of aromatic amines is 1.